The summed E-state index contributed by atoms with van der Waals surface area (Å²) in [5.74, 6) is 0.966. The van der Waals surface area contributed by atoms with E-state index in [1.165, 1.54) is 16.5 Å². The zero-order valence-corrected chi connectivity index (χ0v) is 19.6. The second-order valence-corrected chi connectivity index (χ2v) is 11.4. The molecule has 9 nitrogen and oxygen atoms in total. The van der Waals surface area contributed by atoms with E-state index in [2.05, 4.69) is 20.2 Å². The van der Waals surface area contributed by atoms with Crippen LogP contribution in [0, 0.1) is 5.92 Å². The third-order valence-electron chi connectivity index (χ3n) is 6.27. The van der Waals surface area contributed by atoms with Gasteiger partial charge in [-0.2, -0.15) is 0 Å². The summed E-state index contributed by atoms with van der Waals surface area (Å²) in [6.07, 6.45) is 4.44. The SMILES string of the molecule is CC(C)(C)OC(=O)N[C@@H]1C2CCC1N(c1ncnc3c1ccn3S(=O)(=O)c1ccccc1)C2. The standard InChI is InChI=1S/C23H27N5O4S/c1-23(2,3)32-22(29)26-19-15-9-10-18(19)27(13-15)20-17-11-12-28(21(17)25-14-24-20)33(30,31)16-7-5-4-6-8-16/h4-8,11-12,14-15,18-19H,9-10,13H2,1-3H3,(H,26,29)/t15?,18?,19-/m1/s1. The fourth-order valence-corrected chi connectivity index (χ4v) is 6.27. The van der Waals surface area contributed by atoms with Gasteiger partial charge in [0.05, 0.1) is 22.4 Å². The summed E-state index contributed by atoms with van der Waals surface area (Å²) in [6.45, 7) is 6.25. The van der Waals surface area contributed by atoms with Gasteiger partial charge >= 0.3 is 6.09 Å². The number of benzene rings is 1. The molecule has 1 aliphatic heterocycles. The third kappa shape index (κ3) is 3.82. The number of carbonyl (C=O) groups excluding carboxylic acids is 1. The largest absolute Gasteiger partial charge is 0.444 e. The summed E-state index contributed by atoms with van der Waals surface area (Å²) in [6, 6.07) is 10.1. The molecule has 10 heteroatoms. The van der Waals surface area contributed by atoms with Gasteiger partial charge in [-0.05, 0) is 57.7 Å². The molecule has 0 spiro atoms. The van der Waals surface area contributed by atoms with Gasteiger partial charge in [-0.15, -0.1) is 0 Å². The molecule has 2 aliphatic rings. The van der Waals surface area contributed by atoms with Gasteiger partial charge in [-0.3, -0.25) is 0 Å². The Morgan fingerprint density at radius 1 is 1.12 bits per heavy atom. The van der Waals surface area contributed by atoms with Crippen LogP contribution in [0.15, 0.2) is 53.8 Å². The highest BCUT2D eigenvalue weighted by Gasteiger charge is 2.49. The maximum Gasteiger partial charge on any atom is 0.407 e. The van der Waals surface area contributed by atoms with Crippen molar-refractivity contribution in [2.24, 2.45) is 5.92 Å². The monoisotopic (exact) mass is 469 g/mol. The van der Waals surface area contributed by atoms with Gasteiger partial charge in [-0.1, -0.05) is 18.2 Å². The van der Waals surface area contributed by atoms with Crippen molar-refractivity contribution in [3.8, 4) is 0 Å². The number of hydrogen-bond donors (Lipinski definition) is 1. The first kappa shape index (κ1) is 21.7. The van der Waals surface area contributed by atoms with Crippen LogP contribution in [0.2, 0.25) is 0 Å². The predicted molar refractivity (Wildman–Crippen MR) is 124 cm³/mol. The molecule has 2 aromatic heterocycles. The first-order valence-electron chi connectivity index (χ1n) is 11.0. The van der Waals surface area contributed by atoms with Crippen LogP contribution >= 0.6 is 0 Å². The van der Waals surface area contributed by atoms with Crippen LogP contribution in [-0.4, -0.2) is 52.7 Å². The molecule has 0 radical (unpaired) electrons. The van der Waals surface area contributed by atoms with Crippen LogP contribution in [0.4, 0.5) is 10.6 Å². The van der Waals surface area contributed by atoms with Crippen molar-refractivity contribution in [3.05, 3.63) is 48.9 Å². The molecule has 2 unspecified atom stereocenters. The Bertz CT molecular complexity index is 1300. The molecule has 1 aromatic carbocycles. The van der Waals surface area contributed by atoms with Crippen LogP contribution in [0.25, 0.3) is 11.0 Å². The molecule has 3 heterocycles. The molecule has 2 bridgehead atoms. The first-order chi connectivity index (χ1) is 15.6. The second-order valence-electron chi connectivity index (χ2n) is 9.59. The highest BCUT2D eigenvalue weighted by molar-refractivity contribution is 7.90. The summed E-state index contributed by atoms with van der Waals surface area (Å²) in [5.41, 5.74) is -0.226. The van der Waals surface area contributed by atoms with E-state index in [1.807, 2.05) is 20.8 Å². The Labute approximate surface area is 192 Å². The molecule has 3 aromatic rings. The zero-order chi connectivity index (χ0) is 23.4. The highest BCUT2D eigenvalue weighted by Crippen LogP contribution is 2.42. The van der Waals surface area contributed by atoms with Gasteiger partial charge in [0.25, 0.3) is 10.0 Å². The van der Waals surface area contributed by atoms with Gasteiger partial charge < -0.3 is 15.0 Å². The number of nitrogens with zero attached hydrogens (tertiary/aromatic N) is 4. The molecule has 5 rings (SSSR count). The molecular weight excluding hydrogens is 442 g/mol. The van der Waals surface area contributed by atoms with E-state index in [4.69, 9.17) is 4.74 Å². The summed E-state index contributed by atoms with van der Waals surface area (Å²) in [7, 11) is -3.78. The van der Waals surface area contributed by atoms with Crippen LogP contribution < -0.4 is 10.2 Å². The normalized spacial score (nSPS) is 22.6. The van der Waals surface area contributed by atoms with E-state index >= 15 is 0 Å². The number of piperidine rings is 1. The molecule has 174 valence electrons. The lowest BCUT2D eigenvalue weighted by Crippen LogP contribution is -2.45. The van der Waals surface area contributed by atoms with E-state index in [1.54, 1.807) is 36.4 Å². The number of amides is 1. The fourth-order valence-electron chi connectivity index (χ4n) is 4.95. The molecule has 1 N–H and O–H groups in total. The number of anilines is 1. The molecular formula is C23H27N5O4S. The number of carbonyl (C=O) groups is 1. The minimum Gasteiger partial charge on any atom is -0.444 e. The predicted octanol–water partition coefficient (Wildman–Crippen LogP) is 3.16. The summed E-state index contributed by atoms with van der Waals surface area (Å²) >= 11 is 0. The Kier molecular flexibility index (Phi) is 5.08. The molecule has 1 amide bonds. The first-order valence-corrected chi connectivity index (χ1v) is 12.5. The summed E-state index contributed by atoms with van der Waals surface area (Å²) < 4.78 is 33.0. The van der Waals surface area contributed by atoms with Crippen molar-refractivity contribution < 1.29 is 17.9 Å². The maximum absolute atomic E-state index is 13.2. The van der Waals surface area contributed by atoms with Crippen molar-refractivity contribution in [3.63, 3.8) is 0 Å². The van der Waals surface area contributed by atoms with E-state index in [9.17, 15) is 13.2 Å². The molecule has 1 saturated carbocycles. The number of aromatic nitrogens is 3. The second kappa shape index (κ2) is 7.72. The molecule has 3 atom stereocenters. The Balaban J connectivity index is 1.46. The van der Waals surface area contributed by atoms with Crippen molar-refractivity contribution >= 4 is 33.0 Å². The zero-order valence-electron chi connectivity index (χ0n) is 18.8. The average molecular weight is 470 g/mol. The topological polar surface area (TPSA) is 106 Å². The van der Waals surface area contributed by atoms with Crippen molar-refractivity contribution in [1.29, 1.82) is 0 Å². The molecule has 33 heavy (non-hydrogen) atoms. The Hall–Kier alpha value is -3.14. The van der Waals surface area contributed by atoms with E-state index in [0.717, 1.165) is 19.4 Å². The van der Waals surface area contributed by atoms with Gasteiger partial charge in [-0.25, -0.2) is 27.2 Å². The number of fused-ring (bicyclic) bond motifs is 3. The minimum absolute atomic E-state index is 0.0417. The van der Waals surface area contributed by atoms with Crippen molar-refractivity contribution in [2.75, 3.05) is 11.4 Å². The highest BCUT2D eigenvalue weighted by atomic mass is 32.2. The Morgan fingerprint density at radius 2 is 1.88 bits per heavy atom. The van der Waals surface area contributed by atoms with Gasteiger partial charge in [0.2, 0.25) is 0 Å². The molecule has 1 saturated heterocycles. The van der Waals surface area contributed by atoms with Crippen molar-refractivity contribution in [2.45, 2.75) is 56.2 Å². The quantitative estimate of drug-likeness (QED) is 0.625. The molecule has 1 aliphatic carbocycles. The lowest BCUT2D eigenvalue weighted by atomic mass is 10.1. The maximum atomic E-state index is 13.2. The third-order valence-corrected chi connectivity index (χ3v) is 7.95. The summed E-state index contributed by atoms with van der Waals surface area (Å²) in [4.78, 5) is 23.6. The van der Waals surface area contributed by atoms with Crippen LogP contribution in [0.3, 0.4) is 0 Å². The average Bonchev–Trinajstić information content (AvgIpc) is 3.46. The van der Waals surface area contributed by atoms with Gasteiger partial charge in [0, 0.05) is 12.7 Å². The number of ether oxygens (including phenoxy) is 1. The summed E-state index contributed by atoms with van der Waals surface area (Å²) in [5, 5.41) is 3.72. The van der Waals surface area contributed by atoms with Crippen LogP contribution in [0.1, 0.15) is 33.6 Å². The number of rotatable bonds is 4. The van der Waals surface area contributed by atoms with Gasteiger partial charge in [0.15, 0.2) is 5.65 Å². The minimum atomic E-state index is -3.78. The number of hydrogen-bond acceptors (Lipinski definition) is 7. The van der Waals surface area contributed by atoms with Crippen molar-refractivity contribution in [1.82, 2.24) is 19.3 Å². The van der Waals surface area contributed by atoms with Crippen LogP contribution in [-0.2, 0) is 14.8 Å². The van der Waals surface area contributed by atoms with Crippen LogP contribution in [0.5, 0.6) is 0 Å². The van der Waals surface area contributed by atoms with E-state index < -0.39 is 21.7 Å². The van der Waals surface area contributed by atoms with E-state index in [-0.39, 0.29) is 22.9 Å². The Morgan fingerprint density at radius 3 is 2.61 bits per heavy atom. The molecule has 2 fully saturated rings. The lowest BCUT2D eigenvalue weighted by Gasteiger charge is -2.29. The number of alkyl carbamates (subject to hydrolysis) is 1. The fraction of sp³-hybridized carbons (Fsp3) is 0.435. The lowest BCUT2D eigenvalue weighted by molar-refractivity contribution is 0.0497. The smallest absolute Gasteiger partial charge is 0.407 e. The number of nitrogens with one attached hydrogen (secondary N) is 1. The van der Waals surface area contributed by atoms with E-state index in [0.29, 0.717) is 16.9 Å². The van der Waals surface area contributed by atoms with Gasteiger partial charge in [0.1, 0.15) is 17.7 Å².